The Kier molecular flexibility index (Phi) is 4.01. The van der Waals surface area contributed by atoms with Crippen LogP contribution in [0.5, 0.6) is 0 Å². The zero-order valence-electron chi connectivity index (χ0n) is 11.5. The van der Waals surface area contributed by atoms with E-state index in [4.69, 9.17) is 10.7 Å². The van der Waals surface area contributed by atoms with E-state index in [-0.39, 0.29) is 0 Å². The van der Waals surface area contributed by atoms with Gasteiger partial charge in [0.1, 0.15) is 16.3 Å². The molecule has 116 valence electrons. The van der Waals surface area contributed by atoms with Gasteiger partial charge in [-0.15, -0.1) is 0 Å². The van der Waals surface area contributed by atoms with Crippen molar-refractivity contribution in [1.29, 1.82) is 0 Å². The zero-order chi connectivity index (χ0) is 16.0. The molecule has 1 fully saturated rings. The lowest BCUT2D eigenvalue weighted by molar-refractivity contribution is 0.0641. The van der Waals surface area contributed by atoms with Gasteiger partial charge in [0, 0.05) is 22.8 Å². The van der Waals surface area contributed by atoms with E-state index in [1.807, 2.05) is 0 Å². The lowest BCUT2D eigenvalue weighted by atomic mass is 10.0. The van der Waals surface area contributed by atoms with Gasteiger partial charge >= 0.3 is 0 Å². The van der Waals surface area contributed by atoms with Gasteiger partial charge in [0.05, 0.1) is 0 Å². The molecule has 1 aromatic carbocycles. The third-order valence-electron chi connectivity index (χ3n) is 3.68. The van der Waals surface area contributed by atoms with E-state index in [0.717, 1.165) is 12.5 Å². The Morgan fingerprint density at radius 1 is 1.33 bits per heavy atom. The zero-order valence-corrected chi connectivity index (χ0v) is 13.1. The molecule has 1 aromatic rings. The lowest BCUT2D eigenvalue weighted by Crippen LogP contribution is -2.43. The number of carbonyl (C=O) groups excluding carboxylic acids is 1. The highest BCUT2D eigenvalue weighted by Crippen LogP contribution is 2.32. The highest BCUT2D eigenvalue weighted by Gasteiger charge is 2.38. The first-order valence-corrected chi connectivity index (χ1v) is 8.61. The van der Waals surface area contributed by atoms with Crippen molar-refractivity contribution >= 4 is 25.6 Å². The minimum absolute atomic E-state index is 0.364. The van der Waals surface area contributed by atoms with E-state index in [9.17, 15) is 22.0 Å². The SMILES string of the molecule is CC1(C)CCCN1C(=O)c1c(F)ccc(S(=O)(=O)Cl)c1F. The summed E-state index contributed by atoms with van der Waals surface area (Å²) in [5.41, 5.74) is -1.42. The van der Waals surface area contributed by atoms with Crippen molar-refractivity contribution in [3.63, 3.8) is 0 Å². The number of halogens is 3. The summed E-state index contributed by atoms with van der Waals surface area (Å²) in [6, 6.07) is 1.44. The Labute approximate surface area is 126 Å². The summed E-state index contributed by atoms with van der Waals surface area (Å²) < 4.78 is 50.6. The second-order valence-corrected chi connectivity index (χ2v) is 8.08. The first-order valence-electron chi connectivity index (χ1n) is 6.30. The van der Waals surface area contributed by atoms with Gasteiger partial charge in [0.25, 0.3) is 15.0 Å². The fraction of sp³-hybridized carbons (Fsp3) is 0.462. The molecule has 0 atom stereocenters. The number of benzene rings is 1. The molecule has 0 saturated carbocycles. The fourth-order valence-corrected chi connectivity index (χ4v) is 3.44. The van der Waals surface area contributed by atoms with Gasteiger partial charge in [0.2, 0.25) is 0 Å². The molecule has 0 aromatic heterocycles. The minimum atomic E-state index is -4.40. The molecule has 0 N–H and O–H groups in total. The van der Waals surface area contributed by atoms with E-state index in [1.54, 1.807) is 13.8 Å². The van der Waals surface area contributed by atoms with Gasteiger partial charge in [-0.3, -0.25) is 4.79 Å². The third kappa shape index (κ3) is 2.89. The maximum Gasteiger partial charge on any atom is 0.264 e. The van der Waals surface area contributed by atoms with Crippen LogP contribution in [0.25, 0.3) is 0 Å². The molecule has 4 nitrogen and oxygen atoms in total. The van der Waals surface area contributed by atoms with Crippen molar-refractivity contribution in [2.75, 3.05) is 6.54 Å². The summed E-state index contributed by atoms with van der Waals surface area (Å²) in [7, 11) is 0.695. The molecule has 1 aliphatic rings. The predicted molar refractivity (Wildman–Crippen MR) is 73.7 cm³/mol. The van der Waals surface area contributed by atoms with Crippen molar-refractivity contribution in [1.82, 2.24) is 4.90 Å². The van der Waals surface area contributed by atoms with E-state index in [2.05, 4.69) is 0 Å². The Morgan fingerprint density at radius 3 is 2.43 bits per heavy atom. The van der Waals surface area contributed by atoms with Crippen LogP contribution in [0.3, 0.4) is 0 Å². The molecule has 1 heterocycles. The number of nitrogens with zero attached hydrogens (tertiary/aromatic N) is 1. The highest BCUT2D eigenvalue weighted by molar-refractivity contribution is 8.13. The van der Waals surface area contributed by atoms with Crippen molar-refractivity contribution < 1.29 is 22.0 Å². The van der Waals surface area contributed by atoms with Crippen LogP contribution in [-0.4, -0.2) is 31.3 Å². The Balaban J connectivity index is 2.57. The van der Waals surface area contributed by atoms with Crippen LogP contribution in [-0.2, 0) is 9.05 Å². The summed E-state index contributed by atoms with van der Waals surface area (Å²) in [5.74, 6) is -3.42. The predicted octanol–water partition coefficient (Wildman–Crippen LogP) is 2.91. The maximum atomic E-state index is 14.2. The number of hydrogen-bond donors (Lipinski definition) is 0. The molecule has 0 unspecified atom stereocenters. The quantitative estimate of drug-likeness (QED) is 0.780. The van der Waals surface area contributed by atoms with Gasteiger partial charge < -0.3 is 4.90 Å². The van der Waals surface area contributed by atoms with Gasteiger partial charge in [0.15, 0.2) is 5.82 Å². The van der Waals surface area contributed by atoms with Crippen LogP contribution in [0.15, 0.2) is 17.0 Å². The normalized spacial score (nSPS) is 18.0. The molecule has 1 amide bonds. The van der Waals surface area contributed by atoms with Crippen LogP contribution in [0.2, 0.25) is 0 Å². The molecule has 1 aliphatic heterocycles. The molecular formula is C13H14ClF2NO3S. The van der Waals surface area contributed by atoms with Crippen molar-refractivity contribution in [2.24, 2.45) is 0 Å². The molecule has 0 radical (unpaired) electrons. The number of carbonyl (C=O) groups is 1. The Bertz CT molecular complexity index is 704. The van der Waals surface area contributed by atoms with Gasteiger partial charge in [-0.05, 0) is 38.8 Å². The Morgan fingerprint density at radius 2 is 1.95 bits per heavy atom. The van der Waals surface area contributed by atoms with Gasteiger partial charge in [-0.2, -0.15) is 0 Å². The van der Waals surface area contributed by atoms with Crippen LogP contribution >= 0.6 is 10.7 Å². The lowest BCUT2D eigenvalue weighted by Gasteiger charge is -2.31. The summed E-state index contributed by atoms with van der Waals surface area (Å²) in [6.45, 7) is 3.94. The smallest absolute Gasteiger partial charge is 0.264 e. The molecule has 21 heavy (non-hydrogen) atoms. The van der Waals surface area contributed by atoms with E-state index in [0.29, 0.717) is 19.0 Å². The topological polar surface area (TPSA) is 54.5 Å². The number of likely N-dealkylation sites (tertiary alicyclic amines) is 1. The molecule has 0 aliphatic carbocycles. The second kappa shape index (κ2) is 5.21. The highest BCUT2D eigenvalue weighted by atomic mass is 35.7. The number of hydrogen-bond acceptors (Lipinski definition) is 3. The summed E-state index contributed by atoms with van der Waals surface area (Å²) in [4.78, 5) is 12.8. The maximum absolute atomic E-state index is 14.2. The molecule has 0 spiro atoms. The van der Waals surface area contributed by atoms with E-state index < -0.39 is 42.6 Å². The van der Waals surface area contributed by atoms with Crippen LogP contribution < -0.4 is 0 Å². The van der Waals surface area contributed by atoms with Gasteiger partial charge in [-0.25, -0.2) is 17.2 Å². The third-order valence-corrected chi connectivity index (χ3v) is 5.02. The van der Waals surface area contributed by atoms with Crippen molar-refractivity contribution in [2.45, 2.75) is 37.1 Å². The second-order valence-electron chi connectivity index (χ2n) is 5.55. The van der Waals surface area contributed by atoms with E-state index >= 15 is 0 Å². The standard InChI is InChI=1S/C13H14ClF2NO3S/c1-13(2)6-3-7-17(13)12(18)10-8(15)4-5-9(11(10)16)21(14,19)20/h4-5H,3,6-7H2,1-2H3. The Hall–Kier alpha value is -1.21. The van der Waals surface area contributed by atoms with Crippen molar-refractivity contribution in [3.05, 3.63) is 29.3 Å². The molecular weight excluding hydrogens is 324 g/mol. The monoisotopic (exact) mass is 337 g/mol. The van der Waals surface area contributed by atoms with Crippen LogP contribution in [0.4, 0.5) is 8.78 Å². The number of amides is 1. The van der Waals surface area contributed by atoms with Gasteiger partial charge in [-0.1, -0.05) is 0 Å². The largest absolute Gasteiger partial charge is 0.333 e. The summed E-state index contributed by atoms with van der Waals surface area (Å²) in [5, 5.41) is 0. The average Bonchev–Trinajstić information content (AvgIpc) is 2.66. The van der Waals surface area contributed by atoms with Crippen molar-refractivity contribution in [3.8, 4) is 0 Å². The number of rotatable bonds is 2. The minimum Gasteiger partial charge on any atom is -0.333 e. The van der Waals surface area contributed by atoms with Crippen LogP contribution in [0, 0.1) is 11.6 Å². The molecule has 0 bridgehead atoms. The first-order chi connectivity index (χ1) is 9.55. The van der Waals surface area contributed by atoms with E-state index in [1.165, 1.54) is 4.90 Å². The molecule has 8 heteroatoms. The molecule has 1 saturated heterocycles. The fourth-order valence-electron chi connectivity index (χ4n) is 2.54. The summed E-state index contributed by atoms with van der Waals surface area (Å²) >= 11 is 0. The molecule has 2 rings (SSSR count). The average molecular weight is 338 g/mol. The van der Waals surface area contributed by atoms with Crippen LogP contribution in [0.1, 0.15) is 37.0 Å². The first kappa shape index (κ1) is 16.2. The summed E-state index contributed by atoms with van der Waals surface area (Å²) in [6.07, 6.45) is 1.42.